The summed E-state index contributed by atoms with van der Waals surface area (Å²) >= 11 is 0.676. The van der Waals surface area contributed by atoms with Crippen molar-refractivity contribution in [2.45, 2.75) is 60.6 Å². The van der Waals surface area contributed by atoms with Crippen molar-refractivity contribution in [1.29, 1.82) is 0 Å². The normalized spacial score (nSPS) is 15.9. The number of nitrogens with two attached hydrogens (primary N) is 1. The standard InChI is InChI=1S/C18H29NO3.C15H25N3O6S3.ClH/c1-14(2)19-11-17(20)13-22-18-7-5-15(6-8-18)9-10-21-12-16-3-4-16;1-4-18-13(11-17(5-7-23-2)6-8-24-3)9-12-10-14(26(16,19)20)25-15(12)27(18,21)22;/h5-8,14,16-17,19-20H,3-4,9-13H2,1-2H3;9-10H,4-8,11H2,1-3H3,(H2,16,19,20);1H. The van der Waals surface area contributed by atoms with Crippen LogP contribution in [0.3, 0.4) is 0 Å². The van der Waals surface area contributed by atoms with Crippen molar-refractivity contribution in [3.63, 3.8) is 0 Å². The molecular weight excluding hydrogens is 728 g/mol. The lowest BCUT2D eigenvalue weighted by atomic mass is 10.1. The number of aliphatic hydroxyl groups is 1. The number of aliphatic hydroxyl groups excluding tert-OH is 1. The van der Waals surface area contributed by atoms with Crippen LogP contribution >= 0.6 is 23.7 Å². The lowest BCUT2D eigenvalue weighted by Crippen LogP contribution is -2.40. The Morgan fingerprint density at radius 1 is 1.10 bits per heavy atom. The number of ether oxygens (including phenoxy) is 4. The maximum atomic E-state index is 13.0. The van der Waals surface area contributed by atoms with Crippen molar-refractivity contribution in [1.82, 2.24) is 14.5 Å². The van der Waals surface area contributed by atoms with Crippen molar-refractivity contribution in [2.75, 3.05) is 80.0 Å². The Morgan fingerprint density at radius 3 is 2.28 bits per heavy atom. The Morgan fingerprint density at radius 2 is 1.74 bits per heavy atom. The number of likely N-dealkylation sites (N-methyl/N-ethyl adjacent to an activating group) is 1. The lowest BCUT2D eigenvalue weighted by Gasteiger charge is -2.32. The molecule has 4 rings (SSSR count). The minimum Gasteiger partial charge on any atom is -0.491 e. The van der Waals surface area contributed by atoms with Gasteiger partial charge in [-0.05, 0) is 61.9 Å². The number of hydrogen-bond donors (Lipinski definition) is 3. The van der Waals surface area contributed by atoms with Crippen molar-refractivity contribution >= 4 is 49.9 Å². The molecule has 0 saturated heterocycles. The third kappa shape index (κ3) is 14.7. The van der Waals surface area contributed by atoms with E-state index < -0.39 is 26.2 Å². The Kier molecular flexibility index (Phi) is 19.2. The van der Waals surface area contributed by atoms with E-state index in [4.69, 9.17) is 24.1 Å². The van der Waals surface area contributed by atoms with Crippen LogP contribution < -0.4 is 15.2 Å². The summed E-state index contributed by atoms with van der Waals surface area (Å²) in [5.74, 6) is 1.62. The van der Waals surface area contributed by atoms with Crippen LogP contribution in [-0.4, -0.2) is 123 Å². The molecule has 0 amide bonds. The molecular formula is C33H55ClN4O9S3. The van der Waals surface area contributed by atoms with Crippen molar-refractivity contribution < 1.29 is 40.9 Å². The van der Waals surface area contributed by atoms with Gasteiger partial charge in [-0.1, -0.05) is 26.0 Å². The van der Waals surface area contributed by atoms with Gasteiger partial charge in [-0.25, -0.2) is 22.0 Å². The number of hydrogen-bond acceptors (Lipinski definition) is 12. The molecule has 1 atom stereocenters. The van der Waals surface area contributed by atoms with Gasteiger partial charge in [-0.2, -0.15) is 0 Å². The van der Waals surface area contributed by atoms with Crippen LogP contribution in [0.1, 0.15) is 44.7 Å². The number of fused-ring (bicyclic) bond motifs is 1. The molecule has 50 heavy (non-hydrogen) atoms. The van der Waals surface area contributed by atoms with Crippen LogP contribution in [0.5, 0.6) is 5.75 Å². The number of halogens is 1. The molecule has 2 aliphatic rings. The Hall–Kier alpha value is -1.83. The van der Waals surface area contributed by atoms with E-state index in [2.05, 4.69) is 31.3 Å². The van der Waals surface area contributed by atoms with Gasteiger partial charge in [-0.15, -0.1) is 23.7 Å². The van der Waals surface area contributed by atoms with E-state index in [0.717, 1.165) is 31.3 Å². The summed E-state index contributed by atoms with van der Waals surface area (Å²) in [6, 6.07) is 9.73. The fourth-order valence-corrected chi connectivity index (χ4v) is 8.96. The first kappa shape index (κ1) is 44.3. The molecule has 1 saturated carbocycles. The molecule has 286 valence electrons. The smallest absolute Gasteiger partial charge is 0.274 e. The predicted octanol–water partition coefficient (Wildman–Crippen LogP) is 3.17. The van der Waals surface area contributed by atoms with Gasteiger partial charge in [0.1, 0.15) is 26.9 Å². The first-order valence-corrected chi connectivity index (χ1v) is 20.4. The number of benzene rings is 1. The average Bonchev–Trinajstić information content (AvgIpc) is 3.77. The monoisotopic (exact) mass is 782 g/mol. The second-order valence-corrected chi connectivity index (χ2v) is 17.3. The summed E-state index contributed by atoms with van der Waals surface area (Å²) in [6.45, 7) is 11.2. The molecule has 2 heterocycles. The fraction of sp³-hybridized carbons (Fsp3) is 0.636. The number of primary sulfonamides is 1. The largest absolute Gasteiger partial charge is 0.491 e. The molecule has 1 fully saturated rings. The number of nitrogens with one attached hydrogen (secondary N) is 1. The Labute approximate surface area is 308 Å². The van der Waals surface area contributed by atoms with E-state index in [1.807, 2.05) is 17.0 Å². The first-order valence-electron chi connectivity index (χ1n) is 16.6. The number of sulfonamides is 2. The number of rotatable bonds is 21. The molecule has 1 aliphatic carbocycles. The van der Waals surface area contributed by atoms with Crippen LogP contribution in [0.2, 0.25) is 0 Å². The molecule has 4 N–H and O–H groups in total. The summed E-state index contributed by atoms with van der Waals surface area (Å²) in [7, 11) is -4.61. The maximum Gasteiger partial charge on any atom is 0.274 e. The predicted molar refractivity (Wildman–Crippen MR) is 199 cm³/mol. The summed E-state index contributed by atoms with van der Waals surface area (Å²) in [5, 5.41) is 18.2. The Bertz CT molecular complexity index is 1530. The van der Waals surface area contributed by atoms with Gasteiger partial charge in [0, 0.05) is 70.9 Å². The Balaban J connectivity index is 0.000000347. The number of methoxy groups -OCH3 is 2. The summed E-state index contributed by atoms with van der Waals surface area (Å²) < 4.78 is 71.9. The van der Waals surface area contributed by atoms with E-state index in [0.29, 0.717) is 74.6 Å². The van der Waals surface area contributed by atoms with Crippen LogP contribution in [0.15, 0.2) is 44.4 Å². The molecule has 1 aromatic heterocycles. The van der Waals surface area contributed by atoms with Gasteiger partial charge in [-0.3, -0.25) is 9.21 Å². The van der Waals surface area contributed by atoms with E-state index in [1.54, 1.807) is 27.2 Å². The minimum atomic E-state index is -3.97. The highest BCUT2D eigenvalue weighted by Gasteiger charge is 2.35. The lowest BCUT2D eigenvalue weighted by molar-refractivity contribution is 0.104. The van der Waals surface area contributed by atoms with Gasteiger partial charge in [0.25, 0.3) is 10.0 Å². The number of nitrogens with zero attached hydrogens (tertiary/aromatic N) is 2. The van der Waals surface area contributed by atoms with E-state index in [9.17, 15) is 21.9 Å². The zero-order valence-corrected chi connectivity index (χ0v) is 33.0. The van der Waals surface area contributed by atoms with Crippen molar-refractivity contribution in [3.8, 4) is 5.75 Å². The second-order valence-electron chi connectivity index (χ2n) is 12.4. The maximum absolute atomic E-state index is 13.0. The number of thiophene rings is 1. The molecule has 17 heteroatoms. The summed E-state index contributed by atoms with van der Waals surface area (Å²) in [4.78, 5) is 2.02. The highest BCUT2D eigenvalue weighted by atomic mass is 35.5. The molecule has 0 spiro atoms. The summed E-state index contributed by atoms with van der Waals surface area (Å²) in [6.07, 6.45) is 4.83. The first-order chi connectivity index (χ1) is 23.3. The minimum absolute atomic E-state index is 0. The van der Waals surface area contributed by atoms with Gasteiger partial charge < -0.3 is 29.4 Å². The van der Waals surface area contributed by atoms with Crippen LogP contribution in [-0.2, 0) is 40.7 Å². The SMILES string of the molecule is CC(C)NCC(O)COc1ccc(CCOCC2CC2)cc1.CCN1C(CN(CCOC)CCOC)=Cc2cc(S(N)(=O)=O)sc2S1(=O)=O.Cl. The molecule has 13 nitrogen and oxygen atoms in total. The van der Waals surface area contributed by atoms with Gasteiger partial charge in [0.15, 0.2) is 0 Å². The van der Waals surface area contributed by atoms with Gasteiger partial charge in [0.05, 0.1) is 19.8 Å². The molecule has 1 unspecified atom stereocenters. The van der Waals surface area contributed by atoms with E-state index in [-0.39, 0.29) is 27.4 Å². The topological polar surface area (TPSA) is 170 Å². The van der Waals surface area contributed by atoms with Crippen LogP contribution in [0, 0.1) is 5.92 Å². The third-order valence-electron chi connectivity index (χ3n) is 7.76. The quantitative estimate of drug-likeness (QED) is 0.159. The van der Waals surface area contributed by atoms with Crippen LogP contribution in [0.25, 0.3) is 6.08 Å². The highest BCUT2D eigenvalue weighted by molar-refractivity contribution is 7.94. The summed E-state index contributed by atoms with van der Waals surface area (Å²) in [5.41, 5.74) is 2.17. The van der Waals surface area contributed by atoms with Crippen LogP contribution in [0.4, 0.5) is 0 Å². The van der Waals surface area contributed by atoms with Crippen molar-refractivity contribution in [3.05, 3.63) is 47.2 Å². The van der Waals surface area contributed by atoms with Crippen molar-refractivity contribution in [2.24, 2.45) is 11.1 Å². The fourth-order valence-electron chi connectivity index (χ4n) is 4.85. The molecule has 2 aromatic rings. The highest BCUT2D eigenvalue weighted by Crippen LogP contribution is 2.38. The van der Waals surface area contributed by atoms with E-state index in [1.165, 1.54) is 28.8 Å². The zero-order chi connectivity index (χ0) is 36.0. The second kappa shape index (κ2) is 21.6. The van der Waals surface area contributed by atoms with E-state index >= 15 is 0 Å². The average molecular weight is 783 g/mol. The van der Waals surface area contributed by atoms with Gasteiger partial charge in [0.2, 0.25) is 10.0 Å². The molecule has 1 aromatic carbocycles. The molecule has 0 bridgehead atoms. The third-order valence-corrected chi connectivity index (χ3v) is 12.8. The zero-order valence-electron chi connectivity index (χ0n) is 29.7. The molecule has 0 radical (unpaired) electrons. The van der Waals surface area contributed by atoms with Gasteiger partial charge >= 0.3 is 0 Å². The molecule has 1 aliphatic heterocycles.